The molecule has 15 heavy (non-hydrogen) atoms. The zero-order valence-corrected chi connectivity index (χ0v) is 8.66. The number of rotatable bonds is 1. The summed E-state index contributed by atoms with van der Waals surface area (Å²) < 4.78 is 1.73. The summed E-state index contributed by atoms with van der Waals surface area (Å²) in [4.78, 5) is 0.845. The van der Waals surface area contributed by atoms with Crippen molar-refractivity contribution in [3.8, 4) is 0 Å². The van der Waals surface area contributed by atoms with Crippen LogP contribution in [0.15, 0.2) is 36.5 Å². The lowest BCUT2D eigenvalue weighted by molar-refractivity contribution is -0.894. The van der Waals surface area contributed by atoms with E-state index in [0.717, 1.165) is 4.90 Å². The van der Waals surface area contributed by atoms with Crippen molar-refractivity contribution in [3.05, 3.63) is 36.5 Å². The minimum absolute atomic E-state index is 0.00227. The van der Waals surface area contributed by atoms with Crippen LogP contribution in [-0.4, -0.2) is 19.3 Å². The van der Waals surface area contributed by atoms with Crippen LogP contribution < -0.4 is 14.6 Å². The topological polar surface area (TPSA) is 55.2 Å². The van der Waals surface area contributed by atoms with Gasteiger partial charge in [-0.2, -0.15) is 4.57 Å². The Hall–Kier alpha value is -1.68. The second-order valence-electron chi connectivity index (χ2n) is 3.72. The molecule has 2 N–H and O–H groups in total. The molecule has 1 aliphatic heterocycles. The van der Waals surface area contributed by atoms with Crippen molar-refractivity contribution >= 4 is 11.4 Å². The van der Waals surface area contributed by atoms with Crippen LogP contribution in [0.4, 0.5) is 0 Å². The second-order valence-corrected chi connectivity index (χ2v) is 3.72. The average molecular weight is 204 g/mol. The van der Waals surface area contributed by atoms with E-state index in [4.69, 9.17) is 5.41 Å². The Kier molecular flexibility index (Phi) is 2.51. The molecule has 2 heterocycles. The second kappa shape index (κ2) is 3.82. The molecule has 0 spiro atoms. The molecule has 0 bridgehead atoms. The predicted molar refractivity (Wildman–Crippen MR) is 54.0 cm³/mol. The van der Waals surface area contributed by atoms with Gasteiger partial charge in [0.1, 0.15) is 11.6 Å². The quantitative estimate of drug-likeness (QED) is 0.532. The van der Waals surface area contributed by atoms with Crippen LogP contribution >= 0.6 is 0 Å². The van der Waals surface area contributed by atoms with Gasteiger partial charge in [-0.15, -0.1) is 0 Å². The zero-order valence-electron chi connectivity index (χ0n) is 8.66. The van der Waals surface area contributed by atoms with Crippen molar-refractivity contribution in [1.82, 2.24) is 0 Å². The number of allylic oxidation sites excluding steroid dienone is 1. The van der Waals surface area contributed by atoms with E-state index in [0.29, 0.717) is 24.4 Å². The molecular formula is C11H14N3O+. The maximum Gasteiger partial charge on any atom is 0.278 e. The molecule has 0 saturated carbocycles. The number of hydrogen-bond acceptors (Lipinski definition) is 2. The first kappa shape index (κ1) is 9.86. The van der Waals surface area contributed by atoms with E-state index in [9.17, 15) is 5.11 Å². The van der Waals surface area contributed by atoms with E-state index in [1.807, 2.05) is 25.2 Å². The van der Waals surface area contributed by atoms with Gasteiger partial charge in [-0.25, -0.2) is 0 Å². The Morgan fingerprint density at radius 1 is 1.33 bits per heavy atom. The smallest absolute Gasteiger partial charge is 0.278 e. The molecule has 4 nitrogen and oxygen atoms in total. The minimum atomic E-state index is 0.00227. The van der Waals surface area contributed by atoms with Gasteiger partial charge in [0, 0.05) is 18.6 Å². The maximum atomic E-state index is 11.9. The van der Waals surface area contributed by atoms with Gasteiger partial charge < -0.3 is 10.0 Å². The van der Waals surface area contributed by atoms with Crippen molar-refractivity contribution in [2.75, 3.05) is 13.6 Å². The SMILES string of the molecule is C[NH+]1CCC(=N)C([n+]2ccccc2)=C1[O-]. The molecule has 1 aromatic rings. The van der Waals surface area contributed by atoms with E-state index < -0.39 is 0 Å². The van der Waals surface area contributed by atoms with Gasteiger partial charge in [0.2, 0.25) is 0 Å². The fraction of sp³-hybridized carbons (Fsp3) is 0.273. The van der Waals surface area contributed by atoms with E-state index in [1.165, 1.54) is 0 Å². The van der Waals surface area contributed by atoms with Crippen LogP contribution in [-0.2, 0) is 0 Å². The van der Waals surface area contributed by atoms with Gasteiger partial charge in [-0.05, 0) is 0 Å². The number of nitrogens with one attached hydrogen (secondary N) is 2. The van der Waals surface area contributed by atoms with Crippen molar-refractivity contribution in [2.24, 2.45) is 0 Å². The first-order valence-corrected chi connectivity index (χ1v) is 4.98. The molecule has 1 unspecified atom stereocenters. The van der Waals surface area contributed by atoms with E-state index >= 15 is 0 Å². The van der Waals surface area contributed by atoms with Gasteiger partial charge in [0.25, 0.3) is 5.70 Å². The number of hydrogen-bond donors (Lipinski definition) is 2. The summed E-state index contributed by atoms with van der Waals surface area (Å²) in [6.45, 7) is 0.717. The van der Waals surface area contributed by atoms with E-state index in [2.05, 4.69) is 0 Å². The van der Waals surface area contributed by atoms with Gasteiger partial charge in [0.05, 0.1) is 13.6 Å². The fourth-order valence-corrected chi connectivity index (χ4v) is 1.70. The molecule has 1 atom stereocenters. The van der Waals surface area contributed by atoms with E-state index in [1.54, 1.807) is 17.0 Å². The van der Waals surface area contributed by atoms with Crippen LogP contribution in [0, 0.1) is 5.41 Å². The van der Waals surface area contributed by atoms with Gasteiger partial charge in [-0.3, -0.25) is 5.41 Å². The lowest BCUT2D eigenvalue weighted by atomic mass is 10.1. The average Bonchev–Trinajstić information content (AvgIpc) is 2.26. The normalized spacial score (nSPS) is 21.9. The molecule has 0 fully saturated rings. The molecule has 0 aliphatic carbocycles. The molecule has 1 aromatic heterocycles. The summed E-state index contributed by atoms with van der Waals surface area (Å²) in [7, 11) is 1.85. The van der Waals surface area contributed by atoms with Gasteiger partial charge >= 0.3 is 0 Å². The van der Waals surface area contributed by atoms with Crippen molar-refractivity contribution in [2.45, 2.75) is 6.42 Å². The highest BCUT2D eigenvalue weighted by Crippen LogP contribution is 2.03. The summed E-state index contributed by atoms with van der Waals surface area (Å²) in [5.41, 5.74) is 0.932. The van der Waals surface area contributed by atoms with Crippen LogP contribution in [0.2, 0.25) is 0 Å². The van der Waals surface area contributed by atoms with Crippen molar-refractivity contribution < 1.29 is 14.6 Å². The Bertz CT molecular complexity index is 411. The Labute approximate surface area is 88.6 Å². The van der Waals surface area contributed by atoms with Gasteiger partial charge in [-0.1, -0.05) is 6.07 Å². The third-order valence-electron chi connectivity index (χ3n) is 2.61. The summed E-state index contributed by atoms with van der Waals surface area (Å²) >= 11 is 0. The highest BCUT2D eigenvalue weighted by atomic mass is 16.3. The largest absolute Gasteiger partial charge is 0.826 e. The molecule has 0 radical (unpaired) electrons. The molecule has 1 aliphatic rings. The molecule has 0 aromatic carbocycles. The number of quaternary nitrogens is 1. The van der Waals surface area contributed by atoms with Crippen LogP contribution in [0.5, 0.6) is 0 Å². The minimum Gasteiger partial charge on any atom is -0.826 e. The number of nitrogens with zero attached hydrogens (tertiary/aromatic N) is 1. The molecular weight excluding hydrogens is 190 g/mol. The molecule has 0 amide bonds. The van der Waals surface area contributed by atoms with Gasteiger partial charge in [0.15, 0.2) is 12.4 Å². The standard InChI is InChI=1S/C11H13N3O/c1-13-8-5-9(12)10(11(13)15)14-6-3-2-4-7-14/h2-4,6-7H,5,8H2,1H3,(H-,12,15)/p+1. The first-order chi connectivity index (χ1) is 7.20. The molecule has 2 rings (SSSR count). The molecule has 4 heteroatoms. The first-order valence-electron chi connectivity index (χ1n) is 4.98. The number of aromatic nitrogens is 1. The monoisotopic (exact) mass is 204 g/mol. The Balaban J connectivity index is 2.50. The molecule has 78 valence electrons. The summed E-state index contributed by atoms with van der Waals surface area (Å²) in [6.07, 6.45) is 4.27. The lowest BCUT2D eigenvalue weighted by Crippen LogP contribution is -3.10. The van der Waals surface area contributed by atoms with Crippen LogP contribution in [0.3, 0.4) is 0 Å². The Morgan fingerprint density at radius 3 is 2.67 bits per heavy atom. The highest BCUT2D eigenvalue weighted by Gasteiger charge is 2.27. The predicted octanol–water partition coefficient (Wildman–Crippen LogP) is -1.60. The van der Waals surface area contributed by atoms with E-state index in [-0.39, 0.29) is 5.88 Å². The van der Waals surface area contributed by atoms with Crippen LogP contribution in [0.25, 0.3) is 5.70 Å². The van der Waals surface area contributed by atoms with Crippen molar-refractivity contribution in [1.29, 1.82) is 5.41 Å². The number of pyridine rings is 1. The summed E-state index contributed by atoms with van der Waals surface area (Å²) in [5.74, 6) is 0.00227. The fourth-order valence-electron chi connectivity index (χ4n) is 1.70. The Morgan fingerprint density at radius 2 is 2.00 bits per heavy atom. The lowest BCUT2D eigenvalue weighted by Gasteiger charge is -2.25. The van der Waals surface area contributed by atoms with Crippen LogP contribution in [0.1, 0.15) is 6.42 Å². The third kappa shape index (κ3) is 1.76. The third-order valence-corrected chi connectivity index (χ3v) is 2.61. The summed E-state index contributed by atoms with van der Waals surface area (Å²) in [5, 5.41) is 19.7. The maximum absolute atomic E-state index is 11.9. The summed E-state index contributed by atoms with van der Waals surface area (Å²) in [6, 6.07) is 5.61. The highest BCUT2D eigenvalue weighted by molar-refractivity contribution is 6.13. The zero-order chi connectivity index (χ0) is 10.8. The van der Waals surface area contributed by atoms with Crippen molar-refractivity contribution in [3.63, 3.8) is 0 Å². The molecule has 0 saturated heterocycles.